The predicted molar refractivity (Wildman–Crippen MR) is 116 cm³/mol. The second kappa shape index (κ2) is 11.7. The van der Waals surface area contributed by atoms with Gasteiger partial charge in [0, 0.05) is 41.1 Å². The second-order valence-corrected chi connectivity index (χ2v) is 8.50. The van der Waals surface area contributed by atoms with Crippen LogP contribution in [0.2, 0.25) is 5.02 Å². The number of unbranched alkanes of at least 4 members (excludes halogenated alkanes) is 1. The largest absolute Gasteiger partial charge is 1.00 e. The quantitative estimate of drug-likeness (QED) is 0.251. The molecule has 1 unspecified atom stereocenters. The number of benzene rings is 1. The number of nitrogens with zero attached hydrogens (tertiary/aromatic N) is 3. The number of hydrogen-bond acceptors (Lipinski definition) is 2. The number of halogens is 2. The van der Waals surface area contributed by atoms with Gasteiger partial charge in [-0.15, -0.1) is 0 Å². The summed E-state index contributed by atoms with van der Waals surface area (Å²) in [6, 6.07) is 14.4. The summed E-state index contributed by atoms with van der Waals surface area (Å²) in [7, 11) is 4.65. The highest BCUT2D eigenvalue weighted by atomic mass is 127. The monoisotopic (exact) mass is 524 g/mol. The molecule has 1 atom stereocenters. The van der Waals surface area contributed by atoms with Crippen molar-refractivity contribution < 1.29 is 28.5 Å². The number of aromatic amines is 1. The van der Waals surface area contributed by atoms with Gasteiger partial charge in [-0.3, -0.25) is 4.98 Å². The first-order valence-corrected chi connectivity index (χ1v) is 10.4. The minimum absolute atomic E-state index is 0. The van der Waals surface area contributed by atoms with Crippen LogP contribution in [0.1, 0.15) is 42.1 Å². The van der Waals surface area contributed by atoms with Crippen LogP contribution in [0.5, 0.6) is 0 Å². The van der Waals surface area contributed by atoms with Crippen molar-refractivity contribution in [3.63, 3.8) is 0 Å². The van der Waals surface area contributed by atoms with E-state index in [1.807, 2.05) is 30.6 Å². The molecule has 0 saturated carbocycles. The Morgan fingerprint density at radius 1 is 1.03 bits per heavy atom. The third-order valence-corrected chi connectivity index (χ3v) is 5.61. The van der Waals surface area contributed by atoms with Gasteiger partial charge in [-0.25, -0.2) is 4.98 Å². The number of aromatic nitrogens is 3. The molecule has 156 valence electrons. The van der Waals surface area contributed by atoms with Crippen molar-refractivity contribution in [1.29, 1.82) is 0 Å². The minimum Gasteiger partial charge on any atom is -1.00 e. The molecule has 0 fully saturated rings. The highest BCUT2D eigenvalue weighted by Crippen LogP contribution is 2.28. The van der Waals surface area contributed by atoms with Crippen LogP contribution in [0.3, 0.4) is 0 Å². The Hall–Kier alpha value is -1.44. The molecule has 0 amide bonds. The van der Waals surface area contributed by atoms with Crippen molar-refractivity contribution in [2.24, 2.45) is 0 Å². The molecule has 4 nitrogen and oxygen atoms in total. The number of hydrogen-bond donors (Lipinski definition) is 1. The molecular weight excluding hydrogens is 495 g/mol. The van der Waals surface area contributed by atoms with E-state index in [4.69, 9.17) is 11.6 Å². The number of imidazole rings is 1. The molecule has 0 saturated heterocycles. The van der Waals surface area contributed by atoms with E-state index in [1.54, 1.807) is 6.33 Å². The lowest BCUT2D eigenvalue weighted by atomic mass is 9.91. The molecule has 0 spiro atoms. The number of nitrogens with one attached hydrogen (secondary N) is 1. The lowest BCUT2D eigenvalue weighted by Gasteiger charge is -2.31. The first-order valence-electron chi connectivity index (χ1n) is 9.99. The smallest absolute Gasteiger partial charge is 0.0921 e. The van der Waals surface area contributed by atoms with Gasteiger partial charge in [0.05, 0.1) is 33.5 Å². The molecule has 0 radical (unpaired) electrons. The van der Waals surface area contributed by atoms with E-state index in [9.17, 15) is 0 Å². The maximum absolute atomic E-state index is 6.10. The van der Waals surface area contributed by atoms with Crippen molar-refractivity contribution >= 4 is 11.6 Å². The molecule has 0 bridgehead atoms. The molecule has 3 rings (SSSR count). The zero-order valence-corrected chi connectivity index (χ0v) is 20.1. The summed E-state index contributed by atoms with van der Waals surface area (Å²) in [6.45, 7) is 2.28. The summed E-state index contributed by atoms with van der Waals surface area (Å²) in [5.74, 6) is 0.292. The first-order chi connectivity index (χ1) is 13.5. The molecular formula is C23H30ClIN4. The summed E-state index contributed by atoms with van der Waals surface area (Å²) in [5.41, 5.74) is 3.63. The van der Waals surface area contributed by atoms with E-state index < -0.39 is 0 Å². The number of quaternary nitrogens is 1. The van der Waals surface area contributed by atoms with Gasteiger partial charge < -0.3 is 33.4 Å². The van der Waals surface area contributed by atoms with Crippen LogP contribution in [0, 0.1) is 0 Å². The molecule has 1 N–H and O–H groups in total. The van der Waals surface area contributed by atoms with Crippen molar-refractivity contribution in [2.45, 2.75) is 31.6 Å². The maximum atomic E-state index is 6.10. The number of H-pyrrole nitrogens is 1. The van der Waals surface area contributed by atoms with Gasteiger partial charge in [-0.2, -0.15) is 0 Å². The van der Waals surface area contributed by atoms with Gasteiger partial charge in [0.1, 0.15) is 0 Å². The van der Waals surface area contributed by atoms with E-state index in [0.717, 1.165) is 34.6 Å². The molecule has 1 aromatic carbocycles. The minimum atomic E-state index is 0. The third kappa shape index (κ3) is 7.72. The van der Waals surface area contributed by atoms with Crippen molar-refractivity contribution in [3.05, 3.63) is 83.2 Å². The summed E-state index contributed by atoms with van der Waals surface area (Å²) in [6.07, 6.45) is 10.1. The maximum Gasteiger partial charge on any atom is 0.0921 e. The fraction of sp³-hybridized carbons (Fsp3) is 0.391. The van der Waals surface area contributed by atoms with Crippen molar-refractivity contribution in [2.75, 3.05) is 27.2 Å². The van der Waals surface area contributed by atoms with Gasteiger partial charge in [-0.1, -0.05) is 29.8 Å². The Balaban J connectivity index is 0.00000300. The van der Waals surface area contributed by atoms with Crippen LogP contribution in [-0.2, 0) is 6.42 Å². The van der Waals surface area contributed by atoms with E-state index in [1.165, 1.54) is 30.6 Å². The van der Waals surface area contributed by atoms with Crippen LogP contribution in [-0.4, -0.2) is 46.6 Å². The average molecular weight is 525 g/mol. The zero-order valence-electron chi connectivity index (χ0n) is 17.2. The standard InChI is InChI=1S/C23H30ClN4.HI/c1-28(2,15-6-4-7-21-17-25-18-27-21)16-13-22(23-8-3-5-14-26-23)19-9-11-20(24)12-10-19;/h3,5,8-12,14,17-18,22H,4,6-7,13,15-16H2,1-2H3,(H,25,27);1H/q+1;/p-1. The van der Waals surface area contributed by atoms with Crippen LogP contribution in [0.15, 0.2) is 61.2 Å². The predicted octanol–water partition coefficient (Wildman–Crippen LogP) is 2.08. The van der Waals surface area contributed by atoms with Crippen LogP contribution in [0.4, 0.5) is 0 Å². The lowest BCUT2D eigenvalue weighted by Crippen LogP contribution is -3.00. The number of rotatable bonds is 10. The summed E-state index contributed by atoms with van der Waals surface area (Å²) in [5, 5.41) is 0.775. The van der Waals surface area contributed by atoms with Crippen molar-refractivity contribution in [3.8, 4) is 0 Å². The SMILES string of the molecule is C[N+](C)(CCCCc1cnc[nH]1)CCC(c1ccc(Cl)cc1)c1ccccn1.[I-]. The first kappa shape index (κ1) is 23.8. The Kier molecular flexibility index (Phi) is 9.59. The topological polar surface area (TPSA) is 41.6 Å². The Bertz CT molecular complexity index is 820. The molecule has 2 heterocycles. The second-order valence-electron chi connectivity index (χ2n) is 8.06. The van der Waals surface area contributed by atoms with Gasteiger partial charge in [0.2, 0.25) is 0 Å². The van der Waals surface area contributed by atoms with Gasteiger partial charge >= 0.3 is 0 Å². The third-order valence-electron chi connectivity index (χ3n) is 5.35. The number of aryl methyl sites for hydroxylation is 1. The van der Waals surface area contributed by atoms with Crippen LogP contribution < -0.4 is 24.0 Å². The highest BCUT2D eigenvalue weighted by molar-refractivity contribution is 6.30. The molecule has 29 heavy (non-hydrogen) atoms. The molecule has 0 aliphatic carbocycles. The lowest BCUT2D eigenvalue weighted by molar-refractivity contribution is -0.890. The van der Waals surface area contributed by atoms with Crippen LogP contribution in [0.25, 0.3) is 0 Å². The molecule has 0 aliphatic heterocycles. The Labute approximate surface area is 196 Å². The summed E-state index contributed by atoms with van der Waals surface area (Å²) >= 11 is 6.10. The van der Waals surface area contributed by atoms with E-state index in [-0.39, 0.29) is 24.0 Å². The van der Waals surface area contributed by atoms with Crippen molar-refractivity contribution in [1.82, 2.24) is 15.0 Å². The Morgan fingerprint density at radius 3 is 2.48 bits per heavy atom. The average Bonchev–Trinajstić information content (AvgIpc) is 3.21. The summed E-state index contributed by atoms with van der Waals surface area (Å²) < 4.78 is 1.01. The molecule has 0 aliphatic rings. The van der Waals surface area contributed by atoms with E-state index in [2.05, 4.69) is 53.3 Å². The molecule has 2 aromatic heterocycles. The number of pyridine rings is 1. The van der Waals surface area contributed by atoms with Gasteiger partial charge in [-0.05, 0) is 49.1 Å². The normalized spacial score (nSPS) is 12.4. The molecule has 3 aromatic rings. The van der Waals surface area contributed by atoms with E-state index >= 15 is 0 Å². The molecule has 6 heteroatoms. The Morgan fingerprint density at radius 2 is 1.83 bits per heavy atom. The summed E-state index contributed by atoms with van der Waals surface area (Å²) in [4.78, 5) is 11.9. The fourth-order valence-corrected chi connectivity index (χ4v) is 3.76. The fourth-order valence-electron chi connectivity index (χ4n) is 3.63. The zero-order chi connectivity index (χ0) is 19.8. The van der Waals surface area contributed by atoms with E-state index in [0.29, 0.717) is 5.92 Å². The van der Waals surface area contributed by atoms with Crippen LogP contribution >= 0.6 is 11.6 Å². The van der Waals surface area contributed by atoms with Gasteiger partial charge in [0.25, 0.3) is 0 Å². The van der Waals surface area contributed by atoms with Gasteiger partial charge in [0.15, 0.2) is 0 Å². The highest BCUT2D eigenvalue weighted by Gasteiger charge is 2.21.